The molecule has 0 aliphatic carbocycles. The lowest BCUT2D eigenvalue weighted by Crippen LogP contribution is -2.38. The molecule has 1 aromatic carbocycles. The number of amides is 1. The average Bonchev–Trinajstić information content (AvgIpc) is 2.73. The molecule has 4 atom stereocenters. The van der Waals surface area contributed by atoms with Crippen molar-refractivity contribution in [2.24, 2.45) is 17.6 Å². The van der Waals surface area contributed by atoms with Crippen LogP contribution in [0.2, 0.25) is 0 Å². The smallest absolute Gasteiger partial charge is 0.227 e. The van der Waals surface area contributed by atoms with Crippen molar-refractivity contribution in [2.75, 3.05) is 6.54 Å². The maximum Gasteiger partial charge on any atom is 0.227 e. The van der Waals surface area contributed by atoms with Gasteiger partial charge < -0.3 is 16.2 Å². The third-order valence-corrected chi connectivity index (χ3v) is 5.25. The maximum atomic E-state index is 12.4. The number of hydrogen-bond donors (Lipinski definition) is 3. The molecule has 0 spiro atoms. The molecule has 4 heteroatoms. The monoisotopic (exact) mass is 448 g/mol. The van der Waals surface area contributed by atoms with E-state index in [1.807, 2.05) is 32.9 Å². The van der Waals surface area contributed by atoms with Gasteiger partial charge in [0, 0.05) is 18.5 Å². The van der Waals surface area contributed by atoms with Gasteiger partial charge in [-0.15, -0.1) is 0 Å². The molecule has 4 N–H and O–H groups in total. The molecule has 1 aromatic rings. The van der Waals surface area contributed by atoms with Gasteiger partial charge in [-0.05, 0) is 50.2 Å². The van der Waals surface area contributed by atoms with Gasteiger partial charge in [0.25, 0.3) is 0 Å². The summed E-state index contributed by atoms with van der Waals surface area (Å²) in [5.74, 6) is 0.598. The number of hydrogen-bond acceptors (Lipinski definition) is 3. The van der Waals surface area contributed by atoms with Crippen LogP contribution in [0.3, 0.4) is 0 Å². The van der Waals surface area contributed by atoms with E-state index in [0.717, 1.165) is 31.2 Å². The zero-order valence-electron chi connectivity index (χ0n) is 21.0. The number of nitrogens with one attached hydrogen (secondary N) is 1. The molecule has 0 aliphatic rings. The highest BCUT2D eigenvalue weighted by Gasteiger charge is 2.19. The second-order valence-electron chi connectivity index (χ2n) is 9.09. The van der Waals surface area contributed by atoms with Crippen LogP contribution >= 0.6 is 0 Å². The largest absolute Gasteiger partial charge is 0.391 e. The number of nitrogens with two attached hydrogens (primary N) is 1. The molecule has 186 valence electrons. The van der Waals surface area contributed by atoms with Crippen molar-refractivity contribution in [2.45, 2.75) is 106 Å². The molecule has 0 aliphatic heterocycles. The van der Waals surface area contributed by atoms with Crippen LogP contribution in [-0.4, -0.2) is 29.7 Å². The molecule has 1 amide bonds. The fraction of sp³-hybridized carbons (Fsp3) is 0.679. The Morgan fingerprint density at radius 1 is 1.09 bits per heavy atom. The highest BCUT2D eigenvalue weighted by molar-refractivity contribution is 5.83. The number of allylic oxidation sites excluding steroid dienone is 1. The third-order valence-electron chi connectivity index (χ3n) is 5.25. The van der Waals surface area contributed by atoms with Crippen LogP contribution in [-0.2, 0) is 11.2 Å². The van der Waals surface area contributed by atoms with Crippen molar-refractivity contribution in [1.29, 1.82) is 0 Å². The predicted molar refractivity (Wildman–Crippen MR) is 141 cm³/mol. The van der Waals surface area contributed by atoms with Crippen molar-refractivity contribution >= 4 is 5.91 Å². The van der Waals surface area contributed by atoms with Crippen molar-refractivity contribution in [3.8, 4) is 0 Å². The zero-order valence-corrected chi connectivity index (χ0v) is 21.0. The SMILES string of the molecule is C.CC=CC(C)C(O)C(N)CCCCNC(=O)C(C)c1ccc(CC(C)C)cc1.CCC. The minimum absolute atomic E-state index is 0. The van der Waals surface area contributed by atoms with E-state index in [4.69, 9.17) is 5.73 Å². The van der Waals surface area contributed by atoms with Crippen LogP contribution in [0.5, 0.6) is 0 Å². The van der Waals surface area contributed by atoms with E-state index >= 15 is 0 Å². The summed E-state index contributed by atoms with van der Waals surface area (Å²) in [4.78, 5) is 12.4. The molecule has 0 saturated heterocycles. The number of rotatable bonds is 12. The topological polar surface area (TPSA) is 75.3 Å². The molecule has 0 bridgehead atoms. The highest BCUT2D eigenvalue weighted by atomic mass is 16.3. The molecular weight excluding hydrogens is 396 g/mol. The Morgan fingerprint density at radius 3 is 2.16 bits per heavy atom. The average molecular weight is 449 g/mol. The van der Waals surface area contributed by atoms with E-state index < -0.39 is 6.10 Å². The van der Waals surface area contributed by atoms with E-state index in [9.17, 15) is 9.90 Å². The first kappa shape index (κ1) is 32.5. The zero-order chi connectivity index (χ0) is 23.8. The summed E-state index contributed by atoms with van der Waals surface area (Å²) in [5, 5.41) is 13.2. The second-order valence-corrected chi connectivity index (χ2v) is 9.09. The Hall–Kier alpha value is -1.65. The van der Waals surface area contributed by atoms with E-state index in [1.165, 1.54) is 12.0 Å². The minimum Gasteiger partial charge on any atom is -0.391 e. The van der Waals surface area contributed by atoms with Crippen LogP contribution in [0.1, 0.15) is 98.6 Å². The van der Waals surface area contributed by atoms with Gasteiger partial charge in [-0.1, -0.05) is 91.3 Å². The number of unbranched alkanes of at least 4 members (excludes halogenated alkanes) is 1. The molecule has 4 unspecified atom stereocenters. The van der Waals surface area contributed by atoms with E-state index in [2.05, 4.69) is 57.3 Å². The van der Waals surface area contributed by atoms with Crippen LogP contribution < -0.4 is 11.1 Å². The van der Waals surface area contributed by atoms with Gasteiger partial charge in [-0.2, -0.15) is 0 Å². The third kappa shape index (κ3) is 13.7. The van der Waals surface area contributed by atoms with Gasteiger partial charge in [0.1, 0.15) is 0 Å². The lowest BCUT2D eigenvalue weighted by Gasteiger charge is -2.22. The first-order valence-corrected chi connectivity index (χ1v) is 12.1. The summed E-state index contributed by atoms with van der Waals surface area (Å²) in [7, 11) is 0. The number of aliphatic hydroxyl groups excluding tert-OH is 1. The van der Waals surface area contributed by atoms with Gasteiger partial charge >= 0.3 is 0 Å². The van der Waals surface area contributed by atoms with Crippen molar-refractivity contribution in [3.63, 3.8) is 0 Å². The van der Waals surface area contributed by atoms with Crippen LogP contribution in [0.15, 0.2) is 36.4 Å². The Morgan fingerprint density at radius 2 is 1.66 bits per heavy atom. The van der Waals surface area contributed by atoms with Crippen molar-refractivity contribution in [3.05, 3.63) is 47.5 Å². The highest BCUT2D eigenvalue weighted by Crippen LogP contribution is 2.18. The number of carbonyl (C=O) groups is 1. The molecule has 4 nitrogen and oxygen atoms in total. The summed E-state index contributed by atoms with van der Waals surface area (Å²) >= 11 is 0. The Kier molecular flexibility index (Phi) is 19.2. The fourth-order valence-electron chi connectivity index (χ4n) is 3.41. The molecule has 0 fully saturated rings. The molecule has 1 rings (SSSR count). The van der Waals surface area contributed by atoms with E-state index in [1.54, 1.807) is 0 Å². The summed E-state index contributed by atoms with van der Waals surface area (Å²) in [6.07, 6.45) is 8.21. The summed E-state index contributed by atoms with van der Waals surface area (Å²) in [5.41, 5.74) is 8.45. The quantitative estimate of drug-likeness (QED) is 0.262. The summed E-state index contributed by atoms with van der Waals surface area (Å²) < 4.78 is 0. The van der Waals surface area contributed by atoms with Gasteiger partial charge in [-0.25, -0.2) is 0 Å². The number of carbonyl (C=O) groups excluding carboxylic acids is 1. The first-order chi connectivity index (χ1) is 14.7. The van der Waals surface area contributed by atoms with Gasteiger partial charge in [-0.3, -0.25) is 4.79 Å². The Labute approximate surface area is 199 Å². The standard InChI is InChI=1S/C24H40N2O2.C3H8.CH4/c1-6-9-18(4)23(27)22(25)10-7-8-15-26-24(28)19(5)21-13-11-20(12-14-21)16-17(2)3;1-3-2;/h6,9,11-14,17-19,22-23,27H,7-8,10,15-16,25H2,1-5H3,(H,26,28);3H2,1-2H3;1H4. The van der Waals surface area contributed by atoms with E-state index in [0.29, 0.717) is 12.5 Å². The molecule has 0 saturated carbocycles. The van der Waals surface area contributed by atoms with Crippen molar-refractivity contribution < 1.29 is 9.90 Å². The van der Waals surface area contributed by atoms with Crippen LogP contribution in [0, 0.1) is 11.8 Å². The van der Waals surface area contributed by atoms with Gasteiger partial charge in [0.15, 0.2) is 0 Å². The Bertz CT molecular complexity index is 610. The summed E-state index contributed by atoms with van der Waals surface area (Å²) in [6, 6.07) is 8.15. The van der Waals surface area contributed by atoms with Gasteiger partial charge in [0.2, 0.25) is 5.91 Å². The predicted octanol–water partition coefficient (Wildman–Crippen LogP) is 6.23. The molecule has 0 aromatic heterocycles. The molecule has 32 heavy (non-hydrogen) atoms. The van der Waals surface area contributed by atoms with E-state index in [-0.39, 0.29) is 31.2 Å². The molecule has 0 radical (unpaired) electrons. The molecular formula is C28H52N2O2. The lowest BCUT2D eigenvalue weighted by molar-refractivity contribution is -0.122. The van der Waals surface area contributed by atoms with Gasteiger partial charge in [0.05, 0.1) is 12.0 Å². The summed E-state index contributed by atoms with van der Waals surface area (Å²) in [6.45, 7) is 15.2. The van der Waals surface area contributed by atoms with Crippen molar-refractivity contribution in [1.82, 2.24) is 5.32 Å². The normalized spacial score (nSPS) is 14.7. The van der Waals surface area contributed by atoms with Crippen LogP contribution in [0.25, 0.3) is 0 Å². The Balaban J connectivity index is 0. The first-order valence-electron chi connectivity index (χ1n) is 12.1. The lowest BCUT2D eigenvalue weighted by atomic mass is 9.94. The second kappa shape index (κ2) is 18.9. The minimum atomic E-state index is -0.524. The van der Waals surface area contributed by atoms with Crippen LogP contribution in [0.4, 0.5) is 0 Å². The maximum absolute atomic E-state index is 12.4. The fourth-order valence-corrected chi connectivity index (χ4v) is 3.41. The number of aliphatic hydroxyl groups is 1. The number of benzene rings is 1. The molecule has 0 heterocycles.